The van der Waals surface area contributed by atoms with E-state index in [4.69, 9.17) is 10.2 Å². The third-order valence-corrected chi connectivity index (χ3v) is 2.03. The number of hydrogen-bond donors (Lipinski definition) is 1. The standard InChI is InChI=1S/C11H15NO2/c1-7(2)10(8(3)13)11(12)9-5-4-6-14-9/h4-7H,12H2,1-3H3/b11-10-. The summed E-state index contributed by atoms with van der Waals surface area (Å²) in [6.45, 7) is 5.39. The Hall–Kier alpha value is -1.51. The first-order valence-electron chi connectivity index (χ1n) is 4.58. The van der Waals surface area contributed by atoms with Crippen molar-refractivity contribution in [1.29, 1.82) is 0 Å². The normalized spacial score (nSPS) is 12.9. The van der Waals surface area contributed by atoms with Crippen molar-refractivity contribution in [3.05, 3.63) is 29.7 Å². The summed E-state index contributed by atoms with van der Waals surface area (Å²) < 4.78 is 5.14. The molecule has 0 aromatic carbocycles. The van der Waals surface area contributed by atoms with E-state index in [1.54, 1.807) is 18.4 Å². The second-order valence-electron chi connectivity index (χ2n) is 3.52. The summed E-state index contributed by atoms with van der Waals surface area (Å²) in [7, 11) is 0. The molecule has 3 heteroatoms. The highest BCUT2D eigenvalue weighted by atomic mass is 16.3. The molecule has 1 aromatic rings. The zero-order chi connectivity index (χ0) is 10.7. The molecule has 1 rings (SSSR count). The molecule has 0 unspecified atom stereocenters. The number of carbonyl (C=O) groups is 1. The van der Waals surface area contributed by atoms with E-state index in [0.717, 1.165) is 0 Å². The smallest absolute Gasteiger partial charge is 0.158 e. The Balaban J connectivity index is 3.18. The van der Waals surface area contributed by atoms with Crippen molar-refractivity contribution in [2.24, 2.45) is 11.7 Å². The van der Waals surface area contributed by atoms with Crippen LogP contribution in [-0.4, -0.2) is 5.78 Å². The third-order valence-electron chi connectivity index (χ3n) is 2.03. The van der Waals surface area contributed by atoms with Crippen LogP contribution in [0.4, 0.5) is 0 Å². The van der Waals surface area contributed by atoms with Crippen molar-refractivity contribution in [2.75, 3.05) is 0 Å². The van der Waals surface area contributed by atoms with Gasteiger partial charge in [0.25, 0.3) is 0 Å². The maximum absolute atomic E-state index is 11.3. The number of Topliss-reactive ketones (excluding diaryl/α,β-unsaturated/α-hetero) is 1. The molecule has 0 saturated heterocycles. The second-order valence-corrected chi connectivity index (χ2v) is 3.52. The van der Waals surface area contributed by atoms with Crippen molar-refractivity contribution < 1.29 is 9.21 Å². The Bertz CT molecular complexity index is 347. The quantitative estimate of drug-likeness (QED) is 0.748. The van der Waals surface area contributed by atoms with Crippen LogP contribution in [0.3, 0.4) is 0 Å². The number of rotatable bonds is 3. The molecule has 14 heavy (non-hydrogen) atoms. The summed E-state index contributed by atoms with van der Waals surface area (Å²) >= 11 is 0. The van der Waals surface area contributed by atoms with E-state index in [2.05, 4.69) is 0 Å². The summed E-state index contributed by atoms with van der Waals surface area (Å²) in [6, 6.07) is 3.50. The van der Waals surface area contributed by atoms with Gasteiger partial charge < -0.3 is 10.2 Å². The summed E-state index contributed by atoms with van der Waals surface area (Å²) in [5.74, 6) is 0.662. The van der Waals surface area contributed by atoms with Gasteiger partial charge in [-0.25, -0.2) is 0 Å². The van der Waals surface area contributed by atoms with Crippen molar-refractivity contribution in [1.82, 2.24) is 0 Å². The fourth-order valence-corrected chi connectivity index (χ4v) is 1.47. The number of nitrogens with two attached hydrogens (primary N) is 1. The molecule has 0 aliphatic heterocycles. The summed E-state index contributed by atoms with van der Waals surface area (Å²) in [5.41, 5.74) is 6.92. The van der Waals surface area contributed by atoms with Crippen LogP contribution in [0, 0.1) is 5.92 Å². The van der Waals surface area contributed by atoms with Crippen LogP contribution in [0.25, 0.3) is 5.70 Å². The van der Waals surface area contributed by atoms with Gasteiger partial charge in [-0.2, -0.15) is 0 Å². The predicted octanol–water partition coefficient (Wildman–Crippen LogP) is 2.19. The molecule has 2 N–H and O–H groups in total. The SMILES string of the molecule is CC(=O)/C(=C(\N)c1ccco1)C(C)C. The van der Waals surface area contributed by atoms with Crippen LogP contribution in [-0.2, 0) is 4.79 Å². The zero-order valence-corrected chi connectivity index (χ0v) is 8.70. The number of hydrogen-bond acceptors (Lipinski definition) is 3. The maximum Gasteiger partial charge on any atom is 0.158 e. The van der Waals surface area contributed by atoms with Crippen molar-refractivity contribution in [2.45, 2.75) is 20.8 Å². The number of ketones is 1. The van der Waals surface area contributed by atoms with E-state index >= 15 is 0 Å². The minimum absolute atomic E-state index is 0.00565. The van der Waals surface area contributed by atoms with Gasteiger partial charge >= 0.3 is 0 Å². The Labute approximate surface area is 83.6 Å². The van der Waals surface area contributed by atoms with E-state index in [1.807, 2.05) is 13.8 Å². The molecule has 0 aliphatic carbocycles. The summed E-state index contributed by atoms with van der Waals surface area (Å²) in [6.07, 6.45) is 1.54. The lowest BCUT2D eigenvalue weighted by Gasteiger charge is -2.10. The van der Waals surface area contributed by atoms with E-state index in [-0.39, 0.29) is 11.7 Å². The largest absolute Gasteiger partial charge is 0.463 e. The van der Waals surface area contributed by atoms with Gasteiger partial charge in [0.15, 0.2) is 5.78 Å². The molecule has 0 amide bonds. The molecule has 76 valence electrons. The van der Waals surface area contributed by atoms with E-state index < -0.39 is 0 Å². The first-order chi connectivity index (χ1) is 6.54. The average Bonchev–Trinajstić information content (AvgIpc) is 2.53. The molecule has 0 aliphatic rings. The van der Waals surface area contributed by atoms with Gasteiger partial charge in [-0.15, -0.1) is 0 Å². The Morgan fingerprint density at radius 2 is 2.14 bits per heavy atom. The molecule has 0 atom stereocenters. The van der Waals surface area contributed by atoms with Crippen LogP contribution >= 0.6 is 0 Å². The summed E-state index contributed by atoms with van der Waals surface area (Å²) in [5, 5.41) is 0. The van der Waals surface area contributed by atoms with Gasteiger partial charge in [0.2, 0.25) is 0 Å². The van der Waals surface area contributed by atoms with E-state index in [9.17, 15) is 4.79 Å². The maximum atomic E-state index is 11.3. The molecule has 0 radical (unpaired) electrons. The van der Waals surface area contributed by atoms with E-state index in [1.165, 1.54) is 6.92 Å². The number of carbonyl (C=O) groups excluding carboxylic acids is 1. The summed E-state index contributed by atoms with van der Waals surface area (Å²) in [4.78, 5) is 11.3. The van der Waals surface area contributed by atoms with Crippen molar-refractivity contribution >= 4 is 11.5 Å². The Kier molecular flexibility index (Phi) is 3.12. The minimum Gasteiger partial charge on any atom is -0.463 e. The van der Waals surface area contributed by atoms with Crippen LogP contribution in [0.5, 0.6) is 0 Å². The lowest BCUT2D eigenvalue weighted by Crippen LogP contribution is -2.12. The fraction of sp³-hybridized carbons (Fsp3) is 0.364. The number of allylic oxidation sites excluding steroid dienone is 1. The Morgan fingerprint density at radius 3 is 2.50 bits per heavy atom. The first-order valence-corrected chi connectivity index (χ1v) is 4.58. The molecule has 1 aromatic heterocycles. The highest BCUT2D eigenvalue weighted by molar-refractivity contribution is 6.00. The van der Waals surface area contributed by atoms with Crippen molar-refractivity contribution in [3.8, 4) is 0 Å². The zero-order valence-electron chi connectivity index (χ0n) is 8.70. The Morgan fingerprint density at radius 1 is 1.50 bits per heavy atom. The van der Waals surface area contributed by atoms with E-state index in [0.29, 0.717) is 17.0 Å². The number of furan rings is 1. The van der Waals surface area contributed by atoms with Gasteiger partial charge in [-0.3, -0.25) is 4.79 Å². The van der Waals surface area contributed by atoms with Gasteiger partial charge in [-0.1, -0.05) is 13.8 Å². The fourth-order valence-electron chi connectivity index (χ4n) is 1.47. The third kappa shape index (κ3) is 2.05. The molecule has 3 nitrogen and oxygen atoms in total. The highest BCUT2D eigenvalue weighted by Crippen LogP contribution is 2.20. The molecule has 0 spiro atoms. The van der Waals surface area contributed by atoms with Crippen LogP contribution in [0.15, 0.2) is 28.4 Å². The highest BCUT2D eigenvalue weighted by Gasteiger charge is 2.15. The van der Waals surface area contributed by atoms with Gasteiger partial charge in [0, 0.05) is 5.57 Å². The topological polar surface area (TPSA) is 56.2 Å². The van der Waals surface area contributed by atoms with Gasteiger partial charge in [0.05, 0.1) is 12.0 Å². The molecular weight excluding hydrogens is 178 g/mol. The van der Waals surface area contributed by atoms with Crippen LogP contribution in [0.2, 0.25) is 0 Å². The first kappa shape index (κ1) is 10.6. The molecular formula is C11H15NO2. The monoisotopic (exact) mass is 193 g/mol. The molecule has 0 bridgehead atoms. The predicted molar refractivity (Wildman–Crippen MR) is 55.3 cm³/mol. The average molecular weight is 193 g/mol. The molecule has 1 heterocycles. The second kappa shape index (κ2) is 4.13. The van der Waals surface area contributed by atoms with Gasteiger partial charge in [0.1, 0.15) is 5.76 Å². The van der Waals surface area contributed by atoms with Crippen LogP contribution in [0.1, 0.15) is 26.5 Å². The molecule has 0 saturated carbocycles. The van der Waals surface area contributed by atoms with Crippen molar-refractivity contribution in [3.63, 3.8) is 0 Å². The van der Waals surface area contributed by atoms with Crippen LogP contribution < -0.4 is 5.73 Å². The lowest BCUT2D eigenvalue weighted by atomic mass is 9.97. The molecule has 0 fully saturated rings. The lowest BCUT2D eigenvalue weighted by molar-refractivity contribution is -0.114. The van der Waals surface area contributed by atoms with Gasteiger partial charge in [-0.05, 0) is 25.0 Å². The minimum atomic E-state index is -0.00565.